The van der Waals surface area contributed by atoms with Crippen molar-refractivity contribution in [3.8, 4) is 0 Å². The predicted molar refractivity (Wildman–Crippen MR) is 5.75 cm³/mol. The van der Waals surface area contributed by atoms with Crippen LogP contribution >= 0.6 is 0 Å². The molecule has 0 aliphatic heterocycles. The molecule has 5 radical (unpaired) electrons. The molecule has 0 aromatic rings. The van der Waals surface area contributed by atoms with E-state index in [0.717, 1.165) is 0 Å². The third kappa shape index (κ3) is 22.1. The zero-order valence-electron chi connectivity index (χ0n) is 1.96. The van der Waals surface area contributed by atoms with Crippen molar-refractivity contribution in [3.63, 3.8) is 0 Å². The van der Waals surface area contributed by atoms with Crippen LogP contribution in [-0.4, -0.2) is 11.0 Å². The van der Waals surface area contributed by atoms with E-state index in [2.05, 4.69) is 0 Å². The molecule has 0 N–H and O–H groups in total. The molecular formula is CrFeMnNiSi. The molecule has 0 bridgehead atoms. The van der Waals surface area contributed by atoms with Gasteiger partial charge < -0.3 is 0 Å². The molecule has 5 heteroatoms. The van der Waals surface area contributed by atoms with Crippen LogP contribution < -0.4 is 0 Å². The first-order chi connectivity index (χ1) is 0. The molecular weight excluding hydrogens is 250 g/mol. The molecule has 0 saturated heterocycles. The van der Waals surface area contributed by atoms with Gasteiger partial charge in [0, 0.05) is 79.0 Å². The number of hydrogen-bond donors (Lipinski definition) is 0. The fraction of sp³-hybridized carbons (Fsp3) is 0. The fourth-order valence-corrected chi connectivity index (χ4v) is 0. The van der Waals surface area contributed by atoms with Crippen molar-refractivity contribution in [2.45, 2.75) is 0 Å². The molecule has 0 saturated carbocycles. The summed E-state index contributed by atoms with van der Waals surface area (Å²) in [6.07, 6.45) is 0. The number of rotatable bonds is 0. The molecule has 0 aliphatic rings. The predicted octanol–water partition coefficient (Wildman–Crippen LogP) is -0.391. The van der Waals surface area contributed by atoms with E-state index in [-0.39, 0.29) is 79.0 Å². The third-order valence-electron chi connectivity index (χ3n) is 0. The molecule has 5 heavy (non-hydrogen) atoms. The Hall–Kier alpha value is 2.28. The first-order valence-corrected chi connectivity index (χ1v) is 0. The van der Waals surface area contributed by atoms with Crippen LogP contribution in [0.25, 0.3) is 0 Å². The minimum atomic E-state index is 0. The van der Waals surface area contributed by atoms with Crippen LogP contribution in [0.4, 0.5) is 0 Å². The quantitative estimate of drug-likeness (QED) is 0.513. The van der Waals surface area contributed by atoms with E-state index in [1.807, 2.05) is 0 Å². The Labute approximate surface area is 78.3 Å². The van der Waals surface area contributed by atoms with Crippen LogP contribution in [0.1, 0.15) is 0 Å². The van der Waals surface area contributed by atoms with Gasteiger partial charge >= 0.3 is 0 Å². The van der Waals surface area contributed by atoms with Crippen molar-refractivity contribution < 1.29 is 68.0 Å². The second-order valence-electron chi connectivity index (χ2n) is 0. The molecule has 0 heterocycles. The topological polar surface area (TPSA) is 0 Å². The van der Waals surface area contributed by atoms with Crippen LogP contribution in [0.2, 0.25) is 0 Å². The first-order valence-electron chi connectivity index (χ1n) is 0. The molecule has 0 nitrogen and oxygen atoms in total. The van der Waals surface area contributed by atoms with Gasteiger partial charge in [-0.3, -0.25) is 0 Å². The van der Waals surface area contributed by atoms with Crippen molar-refractivity contribution in [1.29, 1.82) is 0 Å². The Morgan fingerprint density at radius 1 is 1.00 bits per heavy atom. The minimum Gasteiger partial charge on any atom is 0 e. The normalized spacial score (nSPS) is 0. The summed E-state index contributed by atoms with van der Waals surface area (Å²) in [5.41, 5.74) is 0. The molecule has 0 amide bonds. The Kier molecular flexibility index (Phi) is 372. The van der Waals surface area contributed by atoms with Gasteiger partial charge in [0.05, 0.1) is 0 Å². The van der Waals surface area contributed by atoms with Gasteiger partial charge in [-0.15, -0.1) is 0 Å². The summed E-state index contributed by atoms with van der Waals surface area (Å²) in [6.45, 7) is 0. The van der Waals surface area contributed by atoms with Crippen LogP contribution in [0.5, 0.6) is 0 Å². The van der Waals surface area contributed by atoms with E-state index in [9.17, 15) is 0 Å². The maximum absolute atomic E-state index is 0. The SMILES string of the molecule is [Cr].[Fe].[Mn].[Ni].[Si]. The Morgan fingerprint density at radius 3 is 1.00 bits per heavy atom. The van der Waals surface area contributed by atoms with Crippen LogP contribution in [0.15, 0.2) is 0 Å². The Morgan fingerprint density at radius 2 is 1.00 bits per heavy atom. The van der Waals surface area contributed by atoms with Gasteiger partial charge in [-0.05, 0) is 0 Å². The summed E-state index contributed by atoms with van der Waals surface area (Å²) in [7, 11) is 0. The molecule has 0 aromatic carbocycles. The average molecular weight is 250 g/mol. The summed E-state index contributed by atoms with van der Waals surface area (Å²) in [4.78, 5) is 0. The van der Waals surface area contributed by atoms with E-state index < -0.39 is 0 Å². The molecule has 0 aromatic heterocycles. The second-order valence-corrected chi connectivity index (χ2v) is 0. The van der Waals surface area contributed by atoms with E-state index in [0.29, 0.717) is 0 Å². The van der Waals surface area contributed by atoms with Gasteiger partial charge in [0.15, 0.2) is 0 Å². The largest absolute Gasteiger partial charge is 0 e. The minimum absolute atomic E-state index is 0. The Balaban J connectivity index is 0. The molecule has 0 rings (SSSR count). The van der Waals surface area contributed by atoms with E-state index in [1.165, 1.54) is 0 Å². The molecule has 35 valence electrons. The van der Waals surface area contributed by atoms with Crippen LogP contribution in [0, 0.1) is 0 Å². The summed E-state index contributed by atoms with van der Waals surface area (Å²) in [6, 6.07) is 0. The maximum Gasteiger partial charge on any atom is 0 e. The monoisotopic (exact) mass is 249 g/mol. The van der Waals surface area contributed by atoms with Crippen molar-refractivity contribution in [2.24, 2.45) is 0 Å². The summed E-state index contributed by atoms with van der Waals surface area (Å²) in [5.74, 6) is 0. The van der Waals surface area contributed by atoms with Crippen molar-refractivity contribution >= 4 is 11.0 Å². The molecule has 0 spiro atoms. The van der Waals surface area contributed by atoms with Crippen molar-refractivity contribution in [1.82, 2.24) is 0 Å². The molecule has 0 fully saturated rings. The van der Waals surface area contributed by atoms with Gasteiger partial charge in [0.1, 0.15) is 0 Å². The second kappa shape index (κ2) is 33.7. The van der Waals surface area contributed by atoms with E-state index in [4.69, 9.17) is 0 Å². The summed E-state index contributed by atoms with van der Waals surface area (Å²) < 4.78 is 0. The molecule has 0 aliphatic carbocycles. The van der Waals surface area contributed by atoms with Crippen molar-refractivity contribution in [3.05, 3.63) is 0 Å². The van der Waals surface area contributed by atoms with Gasteiger partial charge in [0.25, 0.3) is 0 Å². The van der Waals surface area contributed by atoms with Crippen molar-refractivity contribution in [2.75, 3.05) is 0 Å². The zero-order chi connectivity index (χ0) is 0. The van der Waals surface area contributed by atoms with Gasteiger partial charge in [-0.2, -0.15) is 0 Å². The summed E-state index contributed by atoms with van der Waals surface area (Å²) >= 11 is 0. The van der Waals surface area contributed by atoms with Crippen LogP contribution in [0.3, 0.4) is 0 Å². The summed E-state index contributed by atoms with van der Waals surface area (Å²) in [5, 5.41) is 0. The molecule has 0 unspecified atom stereocenters. The standard InChI is InChI=1S/Cr.Fe.Mn.Ni.Si. The first kappa shape index (κ1) is 55.2. The smallest absolute Gasteiger partial charge is 0 e. The zero-order valence-corrected chi connectivity index (χ0v) is 7.50. The van der Waals surface area contributed by atoms with Gasteiger partial charge in [-0.1, -0.05) is 0 Å². The average Bonchev–Trinajstić information content (AvgIpc) is 0. The van der Waals surface area contributed by atoms with Gasteiger partial charge in [-0.25, -0.2) is 0 Å². The number of hydrogen-bond acceptors (Lipinski definition) is 0. The fourth-order valence-electron chi connectivity index (χ4n) is 0. The maximum atomic E-state index is 0. The third-order valence-corrected chi connectivity index (χ3v) is 0. The van der Waals surface area contributed by atoms with E-state index >= 15 is 0 Å². The Bertz CT molecular complexity index is 11.6. The van der Waals surface area contributed by atoms with Crippen LogP contribution in [-0.2, 0) is 68.0 Å². The van der Waals surface area contributed by atoms with Gasteiger partial charge in [0.2, 0.25) is 0 Å². The molecule has 0 atom stereocenters. The van der Waals surface area contributed by atoms with E-state index in [1.54, 1.807) is 0 Å².